The molecule has 1 aliphatic rings. The van der Waals surface area contributed by atoms with Gasteiger partial charge in [-0.25, -0.2) is 8.42 Å². The largest absolute Gasteiger partial charge is 0.337 e. The van der Waals surface area contributed by atoms with E-state index in [9.17, 15) is 8.42 Å². The van der Waals surface area contributed by atoms with Crippen molar-refractivity contribution in [3.8, 4) is 0 Å². The predicted octanol–water partition coefficient (Wildman–Crippen LogP) is 2.38. The van der Waals surface area contributed by atoms with Gasteiger partial charge in [-0.05, 0) is 25.6 Å². The average molecular weight is 288 g/mol. The number of hydrogen-bond donors (Lipinski definition) is 1. The molecule has 4 nitrogen and oxygen atoms in total. The van der Waals surface area contributed by atoms with Gasteiger partial charge in [-0.1, -0.05) is 20.8 Å². The van der Waals surface area contributed by atoms with Crippen LogP contribution in [-0.2, 0) is 20.8 Å². The predicted molar refractivity (Wildman–Crippen MR) is 75.2 cm³/mol. The molecule has 0 amide bonds. The quantitative estimate of drug-likeness (QED) is 0.807. The van der Waals surface area contributed by atoms with E-state index in [1.54, 1.807) is 0 Å². The van der Waals surface area contributed by atoms with Gasteiger partial charge in [0, 0.05) is 17.3 Å². The van der Waals surface area contributed by atoms with Crippen molar-refractivity contribution in [3.05, 3.63) is 16.7 Å². The SMILES string of the molecule is CC(C)(C)c1c[nH]c(=S)n1C1(C)CCS(=O)(=O)C1. The second kappa shape index (κ2) is 3.93. The van der Waals surface area contributed by atoms with Gasteiger partial charge in [0.05, 0.1) is 17.0 Å². The molecule has 1 aliphatic heterocycles. The third kappa shape index (κ3) is 2.28. The van der Waals surface area contributed by atoms with Gasteiger partial charge in [-0.15, -0.1) is 0 Å². The average Bonchev–Trinajstić information content (AvgIpc) is 2.67. The lowest BCUT2D eigenvalue weighted by molar-refractivity contribution is 0.331. The summed E-state index contributed by atoms with van der Waals surface area (Å²) in [7, 11) is -2.94. The highest BCUT2D eigenvalue weighted by Gasteiger charge is 2.42. The Morgan fingerprint density at radius 2 is 2.06 bits per heavy atom. The molecule has 0 saturated carbocycles. The van der Waals surface area contributed by atoms with Crippen molar-refractivity contribution in [1.82, 2.24) is 9.55 Å². The highest BCUT2D eigenvalue weighted by atomic mass is 32.2. The van der Waals surface area contributed by atoms with Crippen LogP contribution in [0.5, 0.6) is 0 Å². The number of nitrogens with one attached hydrogen (secondary N) is 1. The molecule has 1 atom stereocenters. The van der Waals surface area contributed by atoms with Crippen molar-refractivity contribution in [2.24, 2.45) is 0 Å². The number of H-pyrrole nitrogens is 1. The monoisotopic (exact) mass is 288 g/mol. The van der Waals surface area contributed by atoms with Gasteiger partial charge in [0.25, 0.3) is 0 Å². The van der Waals surface area contributed by atoms with E-state index in [0.717, 1.165) is 5.69 Å². The van der Waals surface area contributed by atoms with Gasteiger partial charge in [0.1, 0.15) is 0 Å². The minimum atomic E-state index is -2.94. The van der Waals surface area contributed by atoms with Crippen LogP contribution in [-0.4, -0.2) is 29.5 Å². The number of nitrogens with zero attached hydrogens (tertiary/aromatic N) is 1. The normalized spacial score (nSPS) is 27.6. The third-order valence-corrected chi connectivity index (χ3v) is 5.76. The van der Waals surface area contributed by atoms with Gasteiger partial charge < -0.3 is 9.55 Å². The zero-order valence-corrected chi connectivity index (χ0v) is 12.9. The van der Waals surface area contributed by atoms with Crippen molar-refractivity contribution in [2.75, 3.05) is 11.5 Å². The highest BCUT2D eigenvalue weighted by molar-refractivity contribution is 7.91. The van der Waals surface area contributed by atoms with E-state index in [1.165, 1.54) is 0 Å². The number of imidazole rings is 1. The first-order chi connectivity index (χ1) is 8.05. The Morgan fingerprint density at radius 3 is 2.50 bits per heavy atom. The Kier molecular flexibility index (Phi) is 3.02. The number of rotatable bonds is 1. The van der Waals surface area contributed by atoms with E-state index >= 15 is 0 Å². The summed E-state index contributed by atoms with van der Waals surface area (Å²) in [6.07, 6.45) is 2.53. The number of sulfone groups is 1. The zero-order chi connectivity index (χ0) is 13.8. The summed E-state index contributed by atoms with van der Waals surface area (Å²) in [6.45, 7) is 8.30. The maximum absolute atomic E-state index is 11.8. The second-order valence-electron chi connectivity index (χ2n) is 6.40. The molecule has 1 saturated heterocycles. The van der Waals surface area contributed by atoms with Crippen LogP contribution in [0.15, 0.2) is 6.20 Å². The summed E-state index contributed by atoms with van der Waals surface area (Å²) in [5.41, 5.74) is 0.577. The van der Waals surface area contributed by atoms with Crippen LogP contribution < -0.4 is 0 Å². The zero-order valence-electron chi connectivity index (χ0n) is 11.3. The Hall–Kier alpha value is -0.620. The third-order valence-electron chi connectivity index (χ3n) is 3.57. The molecule has 0 aromatic carbocycles. The topological polar surface area (TPSA) is 54.9 Å². The molecule has 18 heavy (non-hydrogen) atoms. The fraction of sp³-hybridized carbons (Fsp3) is 0.750. The molecule has 1 fully saturated rings. The first-order valence-electron chi connectivity index (χ1n) is 6.07. The molecular formula is C12H20N2O2S2. The molecule has 0 bridgehead atoms. The lowest BCUT2D eigenvalue weighted by Crippen LogP contribution is -2.35. The van der Waals surface area contributed by atoms with Crippen molar-refractivity contribution in [3.63, 3.8) is 0 Å². The molecule has 0 aliphatic carbocycles. The fourth-order valence-corrected chi connectivity index (χ4v) is 5.12. The molecule has 0 radical (unpaired) electrons. The molecule has 1 aromatic heterocycles. The summed E-state index contributed by atoms with van der Waals surface area (Å²) in [5, 5.41) is 0. The van der Waals surface area contributed by atoms with E-state index in [-0.39, 0.29) is 16.9 Å². The molecule has 2 rings (SSSR count). The standard InChI is InChI=1S/C12H20N2O2S2/c1-11(2,3)9-7-13-10(17)14(9)12(4)5-6-18(15,16)8-12/h7H,5-6,8H2,1-4H3,(H,13,17). The lowest BCUT2D eigenvalue weighted by atomic mass is 9.90. The maximum atomic E-state index is 11.8. The lowest BCUT2D eigenvalue weighted by Gasteiger charge is -2.31. The van der Waals surface area contributed by atoms with Crippen LogP contribution in [0.3, 0.4) is 0 Å². The number of hydrogen-bond acceptors (Lipinski definition) is 3. The molecule has 6 heteroatoms. The first-order valence-corrected chi connectivity index (χ1v) is 8.30. The molecule has 1 N–H and O–H groups in total. The van der Waals surface area contributed by atoms with Crippen molar-refractivity contribution >= 4 is 22.1 Å². The second-order valence-corrected chi connectivity index (χ2v) is 8.97. The maximum Gasteiger partial charge on any atom is 0.177 e. The van der Waals surface area contributed by atoms with Crippen LogP contribution >= 0.6 is 12.2 Å². The van der Waals surface area contributed by atoms with Gasteiger partial charge in [-0.3, -0.25) is 0 Å². The van der Waals surface area contributed by atoms with Crippen LogP contribution in [0.4, 0.5) is 0 Å². The summed E-state index contributed by atoms with van der Waals surface area (Å²) in [4.78, 5) is 3.06. The number of aromatic amines is 1. The van der Waals surface area contributed by atoms with E-state index in [1.807, 2.05) is 17.7 Å². The van der Waals surface area contributed by atoms with Crippen molar-refractivity contribution < 1.29 is 8.42 Å². The summed E-state index contributed by atoms with van der Waals surface area (Å²) in [6, 6.07) is 0. The molecular weight excluding hydrogens is 268 g/mol. The van der Waals surface area contributed by atoms with Gasteiger partial charge in [-0.2, -0.15) is 0 Å². The number of aromatic nitrogens is 2. The van der Waals surface area contributed by atoms with Crippen molar-refractivity contribution in [1.29, 1.82) is 0 Å². The highest BCUT2D eigenvalue weighted by Crippen LogP contribution is 2.35. The van der Waals surface area contributed by atoms with Gasteiger partial charge in [0.15, 0.2) is 14.6 Å². The van der Waals surface area contributed by atoms with E-state index < -0.39 is 15.4 Å². The van der Waals surface area contributed by atoms with Crippen molar-refractivity contribution in [2.45, 2.75) is 45.1 Å². The molecule has 102 valence electrons. The van der Waals surface area contributed by atoms with Crippen LogP contribution in [0.1, 0.15) is 39.8 Å². The van der Waals surface area contributed by atoms with Crippen LogP contribution in [0.25, 0.3) is 0 Å². The molecule has 1 unspecified atom stereocenters. The Labute approximate surface area is 113 Å². The first kappa shape index (κ1) is 13.8. The molecule has 0 spiro atoms. The summed E-state index contributed by atoms with van der Waals surface area (Å²) in [5.74, 6) is 0.426. The van der Waals surface area contributed by atoms with E-state index in [2.05, 4.69) is 25.8 Å². The van der Waals surface area contributed by atoms with E-state index in [4.69, 9.17) is 12.2 Å². The summed E-state index contributed by atoms with van der Waals surface area (Å²) < 4.78 is 26.1. The van der Waals surface area contributed by atoms with E-state index in [0.29, 0.717) is 11.2 Å². The molecule has 1 aromatic rings. The molecule has 2 heterocycles. The van der Waals surface area contributed by atoms with Crippen LogP contribution in [0, 0.1) is 4.77 Å². The van der Waals surface area contributed by atoms with Gasteiger partial charge in [0.2, 0.25) is 0 Å². The smallest absolute Gasteiger partial charge is 0.177 e. The van der Waals surface area contributed by atoms with Crippen LogP contribution in [0.2, 0.25) is 0 Å². The van der Waals surface area contributed by atoms with Gasteiger partial charge >= 0.3 is 0 Å². The minimum absolute atomic E-state index is 0.0665. The Balaban J connectivity index is 2.59. The Bertz CT molecular complexity index is 619. The fourth-order valence-electron chi connectivity index (χ4n) is 2.63. The summed E-state index contributed by atoms with van der Waals surface area (Å²) >= 11 is 5.34. The minimum Gasteiger partial charge on any atom is -0.337 e. The Morgan fingerprint density at radius 1 is 1.44 bits per heavy atom.